The van der Waals surface area contributed by atoms with E-state index in [1.165, 1.54) is 12.1 Å². The van der Waals surface area contributed by atoms with Crippen LogP contribution in [-0.2, 0) is 12.7 Å². The highest BCUT2D eigenvalue weighted by atomic mass is 19.4. The van der Waals surface area contributed by atoms with Crippen molar-refractivity contribution in [1.29, 1.82) is 0 Å². The molecule has 166 valence electrons. The number of aromatic amines is 1. The van der Waals surface area contributed by atoms with Gasteiger partial charge in [-0.15, -0.1) is 0 Å². The number of fused-ring (bicyclic) bond motifs is 1. The summed E-state index contributed by atoms with van der Waals surface area (Å²) >= 11 is 0. The van der Waals surface area contributed by atoms with Crippen LogP contribution in [0.5, 0.6) is 0 Å². The van der Waals surface area contributed by atoms with Crippen LogP contribution in [0.4, 0.5) is 19.0 Å². The third kappa shape index (κ3) is 3.97. The molecule has 4 aromatic rings. The number of carbonyl (C=O) groups excluding carboxylic acids is 1. The summed E-state index contributed by atoms with van der Waals surface area (Å²) in [4.78, 5) is 27.4. The maximum Gasteiger partial charge on any atom is 0.416 e. The van der Waals surface area contributed by atoms with Crippen LogP contribution in [0.25, 0.3) is 22.6 Å². The van der Waals surface area contributed by atoms with Crippen LogP contribution in [0.3, 0.4) is 0 Å². The van der Waals surface area contributed by atoms with Gasteiger partial charge in [0.2, 0.25) is 0 Å². The molecule has 0 saturated heterocycles. The van der Waals surface area contributed by atoms with Crippen LogP contribution in [0.1, 0.15) is 40.3 Å². The van der Waals surface area contributed by atoms with E-state index in [0.717, 1.165) is 18.5 Å². The molecule has 1 amide bonds. The first-order valence-electron chi connectivity index (χ1n) is 9.31. The van der Waals surface area contributed by atoms with Gasteiger partial charge in [-0.3, -0.25) is 4.79 Å². The number of rotatable bonds is 5. The topological polar surface area (TPSA) is 162 Å². The largest absolute Gasteiger partial charge is 0.416 e. The number of benzene rings is 1. The van der Waals surface area contributed by atoms with E-state index in [4.69, 9.17) is 16.0 Å². The molecule has 0 spiro atoms. The quantitative estimate of drug-likeness (QED) is 0.364. The number of aromatic nitrogens is 5. The van der Waals surface area contributed by atoms with Crippen LogP contribution >= 0.6 is 0 Å². The van der Waals surface area contributed by atoms with Crippen LogP contribution in [0.15, 0.2) is 35.1 Å². The number of imidazole rings is 1. The van der Waals surface area contributed by atoms with Gasteiger partial charge in [-0.2, -0.15) is 13.2 Å². The van der Waals surface area contributed by atoms with E-state index in [2.05, 4.69) is 30.4 Å². The third-order valence-electron chi connectivity index (χ3n) is 4.75. The fourth-order valence-electron chi connectivity index (χ4n) is 3.07. The number of H-pyrrole nitrogens is 1. The number of nitrogen functional groups attached to an aromatic ring is 1. The minimum Gasteiger partial charge on any atom is -0.383 e. The van der Waals surface area contributed by atoms with E-state index in [-0.39, 0.29) is 35.1 Å². The van der Waals surface area contributed by atoms with Crippen molar-refractivity contribution >= 4 is 22.8 Å². The molecule has 0 aliphatic rings. The molecule has 3 heterocycles. The van der Waals surface area contributed by atoms with Crippen LogP contribution in [0.2, 0.25) is 0 Å². The molecule has 0 saturated carbocycles. The van der Waals surface area contributed by atoms with Crippen molar-refractivity contribution in [3.05, 3.63) is 53.2 Å². The van der Waals surface area contributed by atoms with Gasteiger partial charge in [-0.1, -0.05) is 5.16 Å². The Morgan fingerprint density at radius 2 is 2.06 bits per heavy atom. The van der Waals surface area contributed by atoms with Crippen molar-refractivity contribution in [2.45, 2.75) is 25.7 Å². The highest BCUT2D eigenvalue weighted by molar-refractivity contribution is 5.94. The Labute approximate surface area is 178 Å². The first-order chi connectivity index (χ1) is 15.2. The number of hydrogen-bond donors (Lipinski definition) is 4. The maximum atomic E-state index is 12.9. The van der Waals surface area contributed by atoms with Crippen LogP contribution < -0.4 is 16.8 Å². The normalized spacial score (nSPS) is 12.8. The summed E-state index contributed by atoms with van der Waals surface area (Å²) in [6.45, 7) is 1.64. The monoisotopic (exact) mass is 446 g/mol. The van der Waals surface area contributed by atoms with Gasteiger partial charge in [-0.05, 0) is 25.1 Å². The fourth-order valence-corrected chi connectivity index (χ4v) is 3.07. The van der Waals surface area contributed by atoms with Crippen molar-refractivity contribution in [1.82, 2.24) is 30.4 Å². The zero-order valence-electron chi connectivity index (χ0n) is 16.6. The Bertz CT molecular complexity index is 1300. The zero-order valence-corrected chi connectivity index (χ0v) is 16.6. The smallest absolute Gasteiger partial charge is 0.383 e. The summed E-state index contributed by atoms with van der Waals surface area (Å²) in [6.07, 6.45) is -3.31. The van der Waals surface area contributed by atoms with Crippen molar-refractivity contribution < 1.29 is 22.5 Å². The molecule has 32 heavy (non-hydrogen) atoms. The number of alkyl halides is 3. The van der Waals surface area contributed by atoms with Crippen LogP contribution in [-0.4, -0.2) is 31.0 Å². The van der Waals surface area contributed by atoms with Gasteiger partial charge >= 0.3 is 6.18 Å². The Morgan fingerprint density at radius 3 is 2.78 bits per heavy atom. The lowest BCUT2D eigenvalue weighted by atomic mass is 10.1. The van der Waals surface area contributed by atoms with Gasteiger partial charge in [0.1, 0.15) is 23.5 Å². The predicted octanol–water partition coefficient (Wildman–Crippen LogP) is 2.56. The second-order valence-corrected chi connectivity index (χ2v) is 6.91. The molecular formula is C19H17F3N8O2. The number of anilines is 1. The molecule has 10 nitrogen and oxygen atoms in total. The lowest BCUT2D eigenvalue weighted by molar-refractivity contribution is -0.137. The number of nitrogens with zero attached hydrogens (tertiary/aromatic N) is 4. The van der Waals surface area contributed by atoms with Gasteiger partial charge in [0.15, 0.2) is 11.6 Å². The number of halogens is 3. The summed E-state index contributed by atoms with van der Waals surface area (Å²) < 4.78 is 44.0. The minimum absolute atomic E-state index is 0.0155. The Hall–Kier alpha value is -4.00. The van der Waals surface area contributed by atoms with E-state index in [9.17, 15) is 18.0 Å². The first kappa shape index (κ1) is 21.2. The lowest BCUT2D eigenvalue weighted by Crippen LogP contribution is -2.29. The number of nitrogens with one attached hydrogen (secondary N) is 2. The van der Waals surface area contributed by atoms with Crippen molar-refractivity contribution in [2.24, 2.45) is 5.73 Å². The number of carbonyl (C=O) groups is 1. The van der Waals surface area contributed by atoms with Gasteiger partial charge in [-0.25, -0.2) is 15.0 Å². The standard InChI is InChI=1S/C19H17F3N8O2/c1-8(27-18(31)15-10(6-23)16(24)26-7-25-15)14-5-13(30-32-14)17-28-11-3-2-9(19(20,21)22)4-12(11)29-17/h2-5,7-8H,6,23H2,1H3,(H,27,31)(H,28,29)(H2,24,25,26). The van der Waals surface area contributed by atoms with E-state index in [1.54, 1.807) is 6.92 Å². The highest BCUT2D eigenvalue weighted by Crippen LogP contribution is 2.32. The molecule has 4 rings (SSSR count). The van der Waals surface area contributed by atoms with Crippen LogP contribution in [0, 0.1) is 0 Å². The van der Waals surface area contributed by atoms with E-state index in [0.29, 0.717) is 16.8 Å². The Kier molecular flexibility index (Phi) is 5.26. The van der Waals surface area contributed by atoms with Gasteiger partial charge in [0.25, 0.3) is 5.91 Å². The summed E-state index contributed by atoms with van der Waals surface area (Å²) in [5.41, 5.74) is 11.7. The fraction of sp³-hybridized carbons (Fsp3) is 0.211. The van der Waals surface area contributed by atoms with Gasteiger partial charge in [0.05, 0.1) is 22.6 Å². The lowest BCUT2D eigenvalue weighted by Gasteiger charge is -2.12. The van der Waals surface area contributed by atoms with E-state index >= 15 is 0 Å². The van der Waals surface area contributed by atoms with Gasteiger partial charge in [0, 0.05) is 18.2 Å². The summed E-state index contributed by atoms with van der Waals surface area (Å²) in [5.74, 6) is 0.0946. The molecule has 0 bridgehead atoms. The summed E-state index contributed by atoms with van der Waals surface area (Å²) in [7, 11) is 0. The van der Waals surface area contributed by atoms with Crippen molar-refractivity contribution in [3.8, 4) is 11.5 Å². The second kappa shape index (κ2) is 7.92. The van der Waals surface area contributed by atoms with E-state index in [1.807, 2.05) is 0 Å². The molecule has 13 heteroatoms. The zero-order chi connectivity index (χ0) is 23.0. The molecule has 0 radical (unpaired) electrons. The number of amides is 1. The molecule has 1 aromatic carbocycles. The van der Waals surface area contributed by atoms with Crippen molar-refractivity contribution in [3.63, 3.8) is 0 Å². The molecule has 1 unspecified atom stereocenters. The maximum absolute atomic E-state index is 12.9. The number of hydrogen-bond acceptors (Lipinski definition) is 8. The molecule has 3 aromatic heterocycles. The predicted molar refractivity (Wildman–Crippen MR) is 107 cm³/mol. The average Bonchev–Trinajstić information content (AvgIpc) is 3.39. The molecule has 0 aliphatic heterocycles. The Balaban J connectivity index is 1.55. The summed E-state index contributed by atoms with van der Waals surface area (Å²) in [5, 5.41) is 6.59. The number of nitrogens with two attached hydrogens (primary N) is 2. The molecular weight excluding hydrogens is 429 g/mol. The van der Waals surface area contributed by atoms with E-state index < -0.39 is 23.7 Å². The molecule has 1 atom stereocenters. The molecule has 0 aliphatic carbocycles. The van der Waals surface area contributed by atoms with Crippen molar-refractivity contribution in [2.75, 3.05) is 5.73 Å². The highest BCUT2D eigenvalue weighted by Gasteiger charge is 2.31. The third-order valence-corrected chi connectivity index (χ3v) is 4.75. The van der Waals surface area contributed by atoms with Gasteiger partial charge < -0.3 is 26.3 Å². The molecule has 6 N–H and O–H groups in total. The summed E-state index contributed by atoms with van der Waals surface area (Å²) in [6, 6.07) is 4.09. The second-order valence-electron chi connectivity index (χ2n) is 6.91. The molecule has 0 fully saturated rings. The Morgan fingerprint density at radius 1 is 1.28 bits per heavy atom. The minimum atomic E-state index is -4.47. The average molecular weight is 446 g/mol. The SMILES string of the molecule is CC(NC(=O)c1ncnc(N)c1CN)c1cc(-c2nc3ccc(C(F)(F)F)cc3[nH]2)no1. The first-order valence-corrected chi connectivity index (χ1v) is 9.31.